The predicted octanol–water partition coefficient (Wildman–Crippen LogP) is 1.27. The molecule has 2 heterocycles. The van der Waals surface area contributed by atoms with Crippen LogP contribution in [0.25, 0.3) is 22.6 Å². The molecule has 21 heavy (non-hydrogen) atoms. The summed E-state index contributed by atoms with van der Waals surface area (Å²) in [5, 5.41) is 7.90. The van der Waals surface area contributed by atoms with Crippen LogP contribution in [0.15, 0.2) is 50.5 Å². The minimum absolute atomic E-state index is 0.127. The molecule has 0 aliphatic rings. The molecule has 0 unspecified atom stereocenters. The summed E-state index contributed by atoms with van der Waals surface area (Å²) in [7, 11) is 0. The molecule has 0 saturated heterocycles. The molecule has 0 radical (unpaired) electrons. The average Bonchev–Trinajstić information content (AvgIpc) is 2.94. The van der Waals surface area contributed by atoms with Gasteiger partial charge in [0.25, 0.3) is 5.56 Å². The van der Waals surface area contributed by atoms with Crippen molar-refractivity contribution >= 4 is 0 Å². The molecular formula is C14H12N4O3. The zero-order chi connectivity index (χ0) is 14.8. The Bertz CT molecular complexity index is 874. The van der Waals surface area contributed by atoms with Crippen LogP contribution in [0.3, 0.4) is 0 Å². The Balaban J connectivity index is 1.97. The Hall–Kier alpha value is -2.96. The number of nitrogens with one attached hydrogen (secondary N) is 1. The van der Waals surface area contributed by atoms with Crippen molar-refractivity contribution in [3.05, 3.63) is 57.3 Å². The quantitative estimate of drug-likeness (QED) is 0.781. The van der Waals surface area contributed by atoms with E-state index in [-0.39, 0.29) is 5.56 Å². The molecule has 106 valence electrons. The van der Waals surface area contributed by atoms with E-state index in [1.807, 2.05) is 19.1 Å². The molecule has 0 spiro atoms. The van der Waals surface area contributed by atoms with Gasteiger partial charge in [0.1, 0.15) is 0 Å². The highest BCUT2D eigenvalue weighted by atomic mass is 16.5. The Morgan fingerprint density at radius 1 is 1.10 bits per heavy atom. The van der Waals surface area contributed by atoms with Crippen LogP contribution in [0.2, 0.25) is 0 Å². The lowest BCUT2D eigenvalue weighted by Gasteiger charge is -2.05. The van der Waals surface area contributed by atoms with E-state index in [0.29, 0.717) is 18.1 Å². The van der Waals surface area contributed by atoms with Crippen molar-refractivity contribution in [3.8, 4) is 22.6 Å². The molecule has 7 heteroatoms. The van der Waals surface area contributed by atoms with E-state index in [2.05, 4.69) is 19.8 Å². The fourth-order valence-electron chi connectivity index (χ4n) is 1.98. The van der Waals surface area contributed by atoms with Crippen LogP contribution < -0.4 is 11.3 Å². The number of hydrogen-bond acceptors (Lipinski definition) is 5. The molecule has 2 aromatic heterocycles. The molecule has 1 aromatic carbocycles. The molecule has 7 nitrogen and oxygen atoms in total. The summed E-state index contributed by atoms with van der Waals surface area (Å²) in [6, 6.07) is 10.5. The predicted molar refractivity (Wildman–Crippen MR) is 75.7 cm³/mol. The van der Waals surface area contributed by atoms with Crippen LogP contribution in [0.5, 0.6) is 0 Å². The van der Waals surface area contributed by atoms with E-state index in [9.17, 15) is 9.59 Å². The maximum absolute atomic E-state index is 11.5. The third kappa shape index (κ3) is 2.53. The first-order valence-corrected chi connectivity index (χ1v) is 6.42. The molecule has 0 saturated carbocycles. The monoisotopic (exact) mass is 284 g/mol. The maximum atomic E-state index is 11.5. The fraction of sp³-hybridized carbons (Fsp3) is 0.143. The normalized spacial score (nSPS) is 10.7. The van der Waals surface area contributed by atoms with Gasteiger partial charge in [-0.15, -0.1) is 0 Å². The maximum Gasteiger partial charge on any atom is 0.439 e. The highest BCUT2D eigenvalue weighted by molar-refractivity contribution is 5.64. The van der Waals surface area contributed by atoms with E-state index < -0.39 is 5.76 Å². The van der Waals surface area contributed by atoms with Crippen molar-refractivity contribution in [3.63, 3.8) is 0 Å². The number of hydrogen-bond donors (Lipinski definition) is 1. The number of aryl methyl sites for hydroxylation is 1. The smallest absolute Gasteiger partial charge is 0.296 e. The largest absolute Gasteiger partial charge is 0.439 e. The molecule has 0 aliphatic heterocycles. The third-order valence-corrected chi connectivity index (χ3v) is 3.06. The zero-order valence-electron chi connectivity index (χ0n) is 11.2. The number of aromatic amines is 1. The molecule has 3 aromatic rings. The van der Waals surface area contributed by atoms with E-state index in [4.69, 9.17) is 0 Å². The van der Waals surface area contributed by atoms with Gasteiger partial charge in [-0.2, -0.15) is 5.10 Å². The first-order valence-electron chi connectivity index (χ1n) is 6.42. The first kappa shape index (κ1) is 13.0. The van der Waals surface area contributed by atoms with Crippen LogP contribution in [-0.4, -0.2) is 19.9 Å². The molecule has 0 bridgehead atoms. The molecule has 0 aliphatic carbocycles. The number of aromatic nitrogens is 4. The van der Waals surface area contributed by atoms with Crippen LogP contribution in [0.4, 0.5) is 0 Å². The van der Waals surface area contributed by atoms with Crippen molar-refractivity contribution in [2.24, 2.45) is 0 Å². The molecule has 0 fully saturated rings. The lowest BCUT2D eigenvalue weighted by molar-refractivity contribution is 0.388. The second kappa shape index (κ2) is 5.20. The van der Waals surface area contributed by atoms with Crippen molar-refractivity contribution in [2.45, 2.75) is 13.5 Å². The summed E-state index contributed by atoms with van der Waals surface area (Å²) >= 11 is 0. The van der Waals surface area contributed by atoms with Gasteiger partial charge in [0.15, 0.2) is 5.82 Å². The van der Waals surface area contributed by atoms with Crippen LogP contribution in [0, 0.1) is 0 Å². The van der Waals surface area contributed by atoms with Gasteiger partial charge in [0, 0.05) is 23.7 Å². The van der Waals surface area contributed by atoms with E-state index in [1.165, 1.54) is 10.7 Å². The van der Waals surface area contributed by atoms with Crippen LogP contribution in [-0.2, 0) is 6.54 Å². The minimum atomic E-state index is -0.592. The molecule has 0 amide bonds. The first-order chi connectivity index (χ1) is 10.2. The van der Waals surface area contributed by atoms with E-state index in [0.717, 1.165) is 11.1 Å². The molecule has 0 atom stereocenters. The third-order valence-electron chi connectivity index (χ3n) is 3.06. The van der Waals surface area contributed by atoms with Gasteiger partial charge < -0.3 is 0 Å². The summed E-state index contributed by atoms with van der Waals surface area (Å²) in [5.41, 5.74) is 2.18. The Kier molecular flexibility index (Phi) is 3.23. The number of nitrogens with zero attached hydrogens (tertiary/aromatic N) is 3. The van der Waals surface area contributed by atoms with E-state index >= 15 is 0 Å². The van der Waals surface area contributed by atoms with Gasteiger partial charge in [0.05, 0.1) is 5.69 Å². The summed E-state index contributed by atoms with van der Waals surface area (Å²) in [6.45, 7) is 2.38. The lowest BCUT2D eigenvalue weighted by Crippen LogP contribution is -2.20. The van der Waals surface area contributed by atoms with Gasteiger partial charge in [-0.25, -0.2) is 9.48 Å². The van der Waals surface area contributed by atoms with Gasteiger partial charge >= 0.3 is 5.76 Å². The topological polar surface area (TPSA) is 93.8 Å². The summed E-state index contributed by atoms with van der Waals surface area (Å²) in [6.07, 6.45) is 0. The minimum Gasteiger partial charge on any atom is -0.296 e. The summed E-state index contributed by atoms with van der Waals surface area (Å²) in [4.78, 5) is 24.9. The molecule has 1 N–H and O–H groups in total. The molecule has 3 rings (SSSR count). The lowest BCUT2D eigenvalue weighted by atomic mass is 10.1. The Morgan fingerprint density at radius 3 is 2.43 bits per heavy atom. The van der Waals surface area contributed by atoms with Gasteiger partial charge in [-0.3, -0.25) is 14.3 Å². The SMILES string of the molecule is CCn1nc(-c2ccc(-c3noc(=O)[nH]3)cc2)ccc1=O. The number of benzene rings is 1. The summed E-state index contributed by atoms with van der Waals surface area (Å²) < 4.78 is 5.87. The van der Waals surface area contributed by atoms with Crippen molar-refractivity contribution in [1.29, 1.82) is 0 Å². The highest BCUT2D eigenvalue weighted by Gasteiger charge is 2.06. The van der Waals surface area contributed by atoms with Gasteiger partial charge in [-0.05, 0) is 13.0 Å². The Labute approximate surface area is 118 Å². The summed E-state index contributed by atoms with van der Waals surface area (Å²) in [5.74, 6) is -0.219. The average molecular weight is 284 g/mol. The Morgan fingerprint density at radius 2 is 1.81 bits per heavy atom. The second-order valence-electron chi connectivity index (χ2n) is 4.39. The van der Waals surface area contributed by atoms with Crippen LogP contribution >= 0.6 is 0 Å². The molecular weight excluding hydrogens is 272 g/mol. The second-order valence-corrected chi connectivity index (χ2v) is 4.39. The zero-order valence-corrected chi connectivity index (χ0v) is 11.2. The standard InChI is InChI=1S/C14H12N4O3/c1-2-18-12(19)8-7-11(16-18)9-3-5-10(6-4-9)13-15-14(20)21-17-13/h3-8H,2H2,1H3,(H,15,17,20). The number of rotatable bonds is 3. The van der Waals surface area contributed by atoms with E-state index in [1.54, 1.807) is 18.2 Å². The van der Waals surface area contributed by atoms with Crippen molar-refractivity contribution in [1.82, 2.24) is 19.9 Å². The number of H-pyrrole nitrogens is 1. The van der Waals surface area contributed by atoms with Crippen molar-refractivity contribution < 1.29 is 4.52 Å². The van der Waals surface area contributed by atoms with Gasteiger partial charge in [-0.1, -0.05) is 29.4 Å². The van der Waals surface area contributed by atoms with Crippen molar-refractivity contribution in [2.75, 3.05) is 0 Å². The van der Waals surface area contributed by atoms with Gasteiger partial charge in [0.2, 0.25) is 0 Å². The highest BCUT2D eigenvalue weighted by Crippen LogP contribution is 2.20. The van der Waals surface area contributed by atoms with Crippen LogP contribution in [0.1, 0.15) is 6.92 Å². The fourth-order valence-corrected chi connectivity index (χ4v) is 1.98.